The highest BCUT2D eigenvalue weighted by Gasteiger charge is 2.79. The minimum atomic E-state index is -4.19. The number of ether oxygens (including phenoxy) is 1. The minimum Gasteiger partial charge on any atom is -0.241 e. The number of alkyl halides is 4. The van der Waals surface area contributed by atoms with Crippen LogP contribution in [0.15, 0.2) is 0 Å². The highest BCUT2D eigenvalue weighted by atomic mass is 19.4. The molecule has 0 amide bonds. The van der Waals surface area contributed by atoms with Crippen molar-refractivity contribution in [3.8, 4) is 0 Å². The molecule has 0 aromatic rings. The predicted octanol–water partition coefficient (Wildman–Crippen LogP) is 1.84. The fraction of sp³-hybridized carbons (Fsp3) is 1.00. The molecule has 0 N–H and O–H groups in total. The molecule has 8 heavy (non-hydrogen) atoms. The quantitative estimate of drug-likeness (QED) is 0.362. The molecule has 0 radical (unpaired) electrons. The van der Waals surface area contributed by atoms with Crippen LogP contribution in [0, 0.1) is 0 Å². The van der Waals surface area contributed by atoms with Gasteiger partial charge in [0.25, 0.3) is 0 Å². The first-order valence-corrected chi connectivity index (χ1v) is 1.41. The first kappa shape index (κ1) is 7.68. The van der Waals surface area contributed by atoms with Gasteiger partial charge in [0.2, 0.25) is 0 Å². The first-order chi connectivity index (χ1) is 2.96. The van der Waals surface area contributed by atoms with E-state index in [1.165, 1.54) is 0 Å². The van der Waals surface area contributed by atoms with Gasteiger partial charge in [-0.2, -0.15) is 17.6 Å². The van der Waals surface area contributed by atoms with Crippen LogP contribution in [0.4, 0.5) is 17.6 Å². The van der Waals surface area contributed by atoms with Crippen LogP contribution in [-0.4, -0.2) is 12.2 Å². The highest BCUT2D eigenvalue weighted by molar-refractivity contribution is 4.81. The topological polar surface area (TPSA) is 12.5 Å². The summed E-state index contributed by atoms with van der Waals surface area (Å²) < 4.78 is 46.4. The molecule has 1 fully saturated rings. The van der Waals surface area contributed by atoms with Crippen molar-refractivity contribution in [1.29, 1.82) is 0 Å². The Balaban J connectivity index is 0.000000490. The second-order valence-electron chi connectivity index (χ2n) is 1.14. The van der Waals surface area contributed by atoms with E-state index in [-0.39, 0.29) is 7.43 Å². The van der Waals surface area contributed by atoms with Crippen molar-refractivity contribution in [3.63, 3.8) is 0 Å². The molecule has 0 aliphatic carbocycles. The van der Waals surface area contributed by atoms with Gasteiger partial charge in [-0.05, 0) is 0 Å². The van der Waals surface area contributed by atoms with E-state index in [4.69, 9.17) is 0 Å². The van der Waals surface area contributed by atoms with E-state index >= 15 is 0 Å². The number of hydrogen-bond donors (Lipinski definition) is 0. The summed E-state index contributed by atoms with van der Waals surface area (Å²) >= 11 is 0. The number of halogens is 4. The molecule has 1 saturated heterocycles. The van der Waals surface area contributed by atoms with Gasteiger partial charge in [-0.1, -0.05) is 7.43 Å². The molecule has 0 spiro atoms. The van der Waals surface area contributed by atoms with Gasteiger partial charge < -0.3 is 0 Å². The average Bonchev–Trinajstić information content (AvgIpc) is 1.63. The molecule has 1 heterocycles. The zero-order valence-corrected chi connectivity index (χ0v) is 2.92. The Labute approximate surface area is 43.2 Å². The van der Waals surface area contributed by atoms with E-state index in [9.17, 15) is 17.6 Å². The fourth-order valence-corrected chi connectivity index (χ4v) is 0.135. The molecule has 50 valence electrons. The third kappa shape index (κ3) is 0.774. The van der Waals surface area contributed by atoms with Crippen LogP contribution in [0.5, 0.6) is 0 Å². The second kappa shape index (κ2) is 1.34. The van der Waals surface area contributed by atoms with Crippen molar-refractivity contribution in [2.45, 2.75) is 19.6 Å². The molecule has 1 rings (SSSR count). The summed E-state index contributed by atoms with van der Waals surface area (Å²) in [6.45, 7) is 0. The Hall–Kier alpha value is -0.320. The van der Waals surface area contributed by atoms with Crippen LogP contribution in [0.1, 0.15) is 7.43 Å². The van der Waals surface area contributed by atoms with Crippen molar-refractivity contribution in [2.24, 2.45) is 0 Å². The summed E-state index contributed by atoms with van der Waals surface area (Å²) in [6, 6.07) is 0. The van der Waals surface area contributed by atoms with Gasteiger partial charge in [0.15, 0.2) is 0 Å². The average molecular weight is 132 g/mol. The lowest BCUT2D eigenvalue weighted by atomic mass is 10.8. The van der Waals surface area contributed by atoms with Gasteiger partial charge in [0.1, 0.15) is 0 Å². The maximum atomic E-state index is 10.9. The van der Waals surface area contributed by atoms with Crippen LogP contribution in [0.3, 0.4) is 0 Å². The van der Waals surface area contributed by atoms with Crippen LogP contribution in [0.2, 0.25) is 0 Å². The Morgan fingerprint density at radius 1 is 0.875 bits per heavy atom. The minimum absolute atomic E-state index is 0. The molecule has 0 atom stereocenters. The Bertz CT molecular complexity index is 87.5. The summed E-state index contributed by atoms with van der Waals surface area (Å²) in [4.78, 5) is 0. The van der Waals surface area contributed by atoms with Crippen LogP contribution >= 0.6 is 0 Å². The largest absolute Gasteiger partial charge is 0.453 e. The molecule has 1 nitrogen and oxygen atoms in total. The van der Waals surface area contributed by atoms with Gasteiger partial charge in [-0.3, -0.25) is 0 Å². The van der Waals surface area contributed by atoms with Gasteiger partial charge in [0.05, 0.1) is 0 Å². The summed E-state index contributed by atoms with van der Waals surface area (Å²) in [6.07, 6.45) is -8.38. The first-order valence-electron chi connectivity index (χ1n) is 1.41. The highest BCUT2D eigenvalue weighted by Crippen LogP contribution is 2.52. The molecule has 5 heteroatoms. The molecule has 0 saturated carbocycles. The standard InChI is InChI=1S/C2F4O.CH4/c3-1(4)2(5,6)7-1;/h;1H4. The molecule has 0 aromatic heterocycles. The third-order valence-electron chi connectivity index (χ3n) is 0.554. The summed E-state index contributed by atoms with van der Waals surface area (Å²) in [7, 11) is 0. The van der Waals surface area contributed by atoms with E-state index in [0.29, 0.717) is 0 Å². The molecular weight excluding hydrogens is 128 g/mol. The molecule has 0 aromatic carbocycles. The molecule has 1 aliphatic rings. The van der Waals surface area contributed by atoms with E-state index < -0.39 is 12.2 Å². The van der Waals surface area contributed by atoms with E-state index in [1.807, 2.05) is 0 Å². The van der Waals surface area contributed by atoms with E-state index in [0.717, 1.165) is 0 Å². The van der Waals surface area contributed by atoms with Crippen LogP contribution < -0.4 is 0 Å². The van der Waals surface area contributed by atoms with Gasteiger partial charge >= 0.3 is 12.2 Å². The normalized spacial score (nSPS) is 28.5. The molecular formula is C3H4F4O. The number of hydrogen-bond acceptors (Lipinski definition) is 1. The number of epoxide rings is 1. The fourth-order valence-electron chi connectivity index (χ4n) is 0.135. The van der Waals surface area contributed by atoms with Crippen molar-refractivity contribution in [3.05, 3.63) is 0 Å². The van der Waals surface area contributed by atoms with Crippen molar-refractivity contribution < 1.29 is 22.3 Å². The van der Waals surface area contributed by atoms with Gasteiger partial charge in [-0.15, -0.1) is 0 Å². The SMILES string of the molecule is C.FC1(F)OC1(F)F. The zero-order chi connectivity index (χ0) is 5.71. The third-order valence-corrected chi connectivity index (χ3v) is 0.554. The lowest BCUT2D eigenvalue weighted by Gasteiger charge is -1.78. The van der Waals surface area contributed by atoms with E-state index in [2.05, 4.69) is 4.74 Å². The number of rotatable bonds is 0. The lowest BCUT2D eigenvalue weighted by molar-refractivity contribution is -0.0278. The lowest BCUT2D eigenvalue weighted by Crippen LogP contribution is -2.02. The predicted molar refractivity (Wildman–Crippen MR) is 17.7 cm³/mol. The van der Waals surface area contributed by atoms with Crippen LogP contribution in [-0.2, 0) is 4.74 Å². The Morgan fingerprint density at radius 3 is 1.00 bits per heavy atom. The summed E-state index contributed by atoms with van der Waals surface area (Å²) in [5, 5.41) is 0. The smallest absolute Gasteiger partial charge is 0.241 e. The summed E-state index contributed by atoms with van der Waals surface area (Å²) in [5.41, 5.74) is 0. The van der Waals surface area contributed by atoms with E-state index in [1.54, 1.807) is 0 Å². The van der Waals surface area contributed by atoms with Crippen molar-refractivity contribution >= 4 is 0 Å². The molecule has 0 bridgehead atoms. The maximum absolute atomic E-state index is 10.9. The van der Waals surface area contributed by atoms with Gasteiger partial charge in [0, 0.05) is 0 Å². The molecule has 1 aliphatic heterocycles. The van der Waals surface area contributed by atoms with Gasteiger partial charge in [-0.25, -0.2) is 4.74 Å². The van der Waals surface area contributed by atoms with Crippen molar-refractivity contribution in [2.75, 3.05) is 0 Å². The Kier molecular flexibility index (Phi) is 1.29. The summed E-state index contributed by atoms with van der Waals surface area (Å²) in [5.74, 6) is 0. The zero-order valence-electron chi connectivity index (χ0n) is 2.92. The Morgan fingerprint density at radius 2 is 1.00 bits per heavy atom. The second-order valence-corrected chi connectivity index (χ2v) is 1.14. The van der Waals surface area contributed by atoms with Crippen LogP contribution in [0.25, 0.3) is 0 Å². The maximum Gasteiger partial charge on any atom is 0.453 e. The monoisotopic (exact) mass is 132 g/mol. The van der Waals surface area contributed by atoms with Crippen molar-refractivity contribution in [1.82, 2.24) is 0 Å². The molecule has 0 unspecified atom stereocenters.